The number of aryl methyl sites for hydroxylation is 2. The fourth-order valence-corrected chi connectivity index (χ4v) is 3.90. The van der Waals surface area contributed by atoms with Gasteiger partial charge in [0.15, 0.2) is 0 Å². The summed E-state index contributed by atoms with van der Waals surface area (Å²) in [6, 6.07) is 5.43. The zero-order valence-electron chi connectivity index (χ0n) is 13.5. The molecule has 0 spiro atoms. The van der Waals surface area contributed by atoms with Gasteiger partial charge in [-0.1, -0.05) is 6.07 Å². The summed E-state index contributed by atoms with van der Waals surface area (Å²) in [7, 11) is -0.428. The highest BCUT2D eigenvalue weighted by molar-refractivity contribution is 7.89. The maximum atomic E-state index is 12.5. The summed E-state index contributed by atoms with van der Waals surface area (Å²) in [5.74, 6) is 0. The first kappa shape index (κ1) is 17.4. The standard InChI is InChI=1S/C16H25NO4S/c1-16(21-3,12-20-2)11-17-22(18,19)15-9-8-13-6-4-5-7-14(13)10-15/h8-10,17H,4-7,11-12H2,1-3H3/t16-/m1/s1. The minimum Gasteiger partial charge on any atom is -0.382 e. The van der Waals surface area contributed by atoms with Gasteiger partial charge >= 0.3 is 0 Å². The number of hydrogen-bond acceptors (Lipinski definition) is 4. The molecule has 1 aliphatic carbocycles. The third-order valence-corrected chi connectivity index (χ3v) is 5.61. The first-order chi connectivity index (χ1) is 10.4. The van der Waals surface area contributed by atoms with Gasteiger partial charge in [0.05, 0.1) is 11.5 Å². The fourth-order valence-electron chi connectivity index (χ4n) is 2.70. The normalized spacial score (nSPS) is 17.8. The molecule has 0 heterocycles. The summed E-state index contributed by atoms with van der Waals surface area (Å²) < 4.78 is 38.0. The number of rotatable bonds is 7. The molecule has 5 nitrogen and oxygen atoms in total. The second kappa shape index (κ2) is 7.08. The topological polar surface area (TPSA) is 64.6 Å². The second-order valence-corrected chi connectivity index (χ2v) is 7.82. The van der Waals surface area contributed by atoms with Crippen molar-refractivity contribution in [3.05, 3.63) is 29.3 Å². The predicted molar refractivity (Wildman–Crippen MR) is 85.6 cm³/mol. The minimum absolute atomic E-state index is 0.163. The Bertz CT molecular complexity index is 615. The fraction of sp³-hybridized carbons (Fsp3) is 0.625. The molecule has 0 unspecified atom stereocenters. The molecule has 1 aromatic rings. The number of benzene rings is 1. The van der Waals surface area contributed by atoms with Gasteiger partial charge in [-0.25, -0.2) is 13.1 Å². The maximum Gasteiger partial charge on any atom is 0.240 e. The third kappa shape index (κ3) is 4.07. The summed E-state index contributed by atoms with van der Waals surface area (Å²) >= 11 is 0. The van der Waals surface area contributed by atoms with Crippen molar-refractivity contribution in [1.29, 1.82) is 0 Å². The van der Waals surface area contributed by atoms with Crippen LogP contribution in [0.25, 0.3) is 0 Å². The lowest BCUT2D eigenvalue weighted by atomic mass is 9.92. The van der Waals surface area contributed by atoms with Crippen LogP contribution in [0.4, 0.5) is 0 Å². The molecule has 1 aliphatic rings. The zero-order valence-corrected chi connectivity index (χ0v) is 14.3. The molecule has 6 heteroatoms. The lowest BCUT2D eigenvalue weighted by Crippen LogP contribution is -2.45. The molecule has 0 amide bonds. The zero-order chi connectivity index (χ0) is 16.2. The number of methoxy groups -OCH3 is 2. The molecule has 0 aliphatic heterocycles. The van der Waals surface area contributed by atoms with Crippen LogP contribution in [0.2, 0.25) is 0 Å². The molecule has 0 aromatic heterocycles. The number of nitrogens with one attached hydrogen (secondary N) is 1. The molecule has 1 aromatic carbocycles. The van der Waals surface area contributed by atoms with E-state index in [0.29, 0.717) is 11.5 Å². The van der Waals surface area contributed by atoms with Crippen LogP contribution in [0.3, 0.4) is 0 Å². The molecule has 2 rings (SSSR count). The largest absolute Gasteiger partial charge is 0.382 e. The van der Waals surface area contributed by atoms with Crippen molar-refractivity contribution in [3.8, 4) is 0 Å². The highest BCUT2D eigenvalue weighted by atomic mass is 32.2. The molecule has 0 bridgehead atoms. The SMILES string of the molecule is COC[C@@](C)(CNS(=O)(=O)c1ccc2c(c1)CCCC2)OC. The average Bonchev–Trinajstić information content (AvgIpc) is 2.53. The maximum absolute atomic E-state index is 12.5. The van der Waals surface area contributed by atoms with Crippen molar-refractivity contribution in [1.82, 2.24) is 4.72 Å². The van der Waals surface area contributed by atoms with E-state index in [-0.39, 0.29) is 6.54 Å². The van der Waals surface area contributed by atoms with E-state index < -0.39 is 15.6 Å². The third-order valence-electron chi connectivity index (χ3n) is 4.21. The van der Waals surface area contributed by atoms with Gasteiger partial charge in [-0.05, 0) is 55.9 Å². The molecular formula is C16H25NO4S. The molecule has 0 radical (unpaired) electrons. The van der Waals surface area contributed by atoms with Crippen molar-refractivity contribution >= 4 is 10.0 Å². The van der Waals surface area contributed by atoms with E-state index in [2.05, 4.69) is 4.72 Å². The summed E-state index contributed by atoms with van der Waals surface area (Å²) in [5, 5.41) is 0. The summed E-state index contributed by atoms with van der Waals surface area (Å²) in [6.07, 6.45) is 4.30. The first-order valence-electron chi connectivity index (χ1n) is 7.56. The van der Waals surface area contributed by atoms with Crippen LogP contribution >= 0.6 is 0 Å². The van der Waals surface area contributed by atoms with Gasteiger partial charge in [-0.3, -0.25) is 0 Å². The Balaban J connectivity index is 2.13. The highest BCUT2D eigenvalue weighted by Crippen LogP contribution is 2.24. The second-order valence-electron chi connectivity index (χ2n) is 6.05. The number of hydrogen-bond donors (Lipinski definition) is 1. The van der Waals surface area contributed by atoms with E-state index >= 15 is 0 Å². The van der Waals surface area contributed by atoms with E-state index in [1.54, 1.807) is 26.4 Å². The van der Waals surface area contributed by atoms with Crippen molar-refractivity contribution in [3.63, 3.8) is 0 Å². The highest BCUT2D eigenvalue weighted by Gasteiger charge is 2.27. The van der Waals surface area contributed by atoms with Gasteiger partial charge in [0, 0.05) is 20.8 Å². The molecule has 22 heavy (non-hydrogen) atoms. The molecule has 124 valence electrons. The van der Waals surface area contributed by atoms with Crippen LogP contribution in [0.1, 0.15) is 30.9 Å². The lowest BCUT2D eigenvalue weighted by molar-refractivity contribution is -0.0460. The van der Waals surface area contributed by atoms with E-state index in [1.807, 2.05) is 13.0 Å². The van der Waals surface area contributed by atoms with Gasteiger partial charge in [0.25, 0.3) is 0 Å². The molecule has 0 fully saturated rings. The smallest absolute Gasteiger partial charge is 0.240 e. The molecule has 1 atom stereocenters. The molecule has 0 saturated heterocycles. The first-order valence-corrected chi connectivity index (χ1v) is 9.04. The van der Waals surface area contributed by atoms with Crippen molar-refractivity contribution in [2.45, 2.75) is 43.1 Å². The van der Waals surface area contributed by atoms with E-state index in [4.69, 9.17) is 9.47 Å². The summed E-state index contributed by atoms with van der Waals surface area (Å²) in [5.41, 5.74) is 1.74. The Kier molecular flexibility index (Phi) is 5.60. The summed E-state index contributed by atoms with van der Waals surface area (Å²) in [4.78, 5) is 0.323. The van der Waals surface area contributed by atoms with Gasteiger partial charge < -0.3 is 9.47 Å². The predicted octanol–water partition coefficient (Wildman–Crippen LogP) is 1.90. The number of sulfonamides is 1. The quantitative estimate of drug-likeness (QED) is 0.831. The van der Waals surface area contributed by atoms with Crippen LogP contribution in [-0.4, -0.2) is 41.4 Å². The van der Waals surface area contributed by atoms with Crippen LogP contribution in [0.15, 0.2) is 23.1 Å². The minimum atomic E-state index is -3.54. The number of fused-ring (bicyclic) bond motifs is 1. The van der Waals surface area contributed by atoms with Crippen molar-refractivity contribution in [2.24, 2.45) is 0 Å². The Morgan fingerprint density at radius 1 is 1.18 bits per heavy atom. The van der Waals surface area contributed by atoms with Crippen molar-refractivity contribution in [2.75, 3.05) is 27.4 Å². The summed E-state index contributed by atoms with van der Waals surface area (Å²) in [6.45, 7) is 2.29. The molecule has 1 N–H and O–H groups in total. The average molecular weight is 327 g/mol. The number of ether oxygens (including phenoxy) is 2. The molecule has 0 saturated carbocycles. The van der Waals surface area contributed by atoms with Crippen LogP contribution in [-0.2, 0) is 32.3 Å². The van der Waals surface area contributed by atoms with Gasteiger partial charge in [0.2, 0.25) is 10.0 Å². The Labute approximate surface area is 133 Å². The van der Waals surface area contributed by atoms with Gasteiger partial charge in [0.1, 0.15) is 5.60 Å². The van der Waals surface area contributed by atoms with E-state index in [0.717, 1.165) is 24.8 Å². The van der Waals surface area contributed by atoms with Gasteiger partial charge in [-0.2, -0.15) is 0 Å². The Morgan fingerprint density at radius 2 is 1.86 bits per heavy atom. The van der Waals surface area contributed by atoms with E-state index in [9.17, 15) is 8.42 Å². The Hall–Kier alpha value is -0.950. The molecular weight excluding hydrogens is 302 g/mol. The van der Waals surface area contributed by atoms with Crippen LogP contribution in [0, 0.1) is 0 Å². The monoisotopic (exact) mass is 327 g/mol. The van der Waals surface area contributed by atoms with Crippen LogP contribution in [0.5, 0.6) is 0 Å². The van der Waals surface area contributed by atoms with Gasteiger partial charge in [-0.15, -0.1) is 0 Å². The van der Waals surface area contributed by atoms with Crippen molar-refractivity contribution < 1.29 is 17.9 Å². The Morgan fingerprint density at radius 3 is 2.50 bits per heavy atom. The lowest BCUT2D eigenvalue weighted by Gasteiger charge is -2.27. The van der Waals surface area contributed by atoms with Crippen LogP contribution < -0.4 is 4.72 Å². The van der Waals surface area contributed by atoms with E-state index in [1.165, 1.54) is 12.0 Å².